The quantitative estimate of drug-likeness (QED) is 0.276. The fourth-order valence-corrected chi connectivity index (χ4v) is 4.14. The molecular formula is C33H36O3. The lowest BCUT2D eigenvalue weighted by molar-refractivity contribution is 0.281. The highest BCUT2D eigenvalue weighted by atomic mass is 16.5. The molecule has 4 rings (SSSR count). The lowest BCUT2D eigenvalue weighted by Gasteiger charge is -2.28. The first kappa shape index (κ1) is 25.5. The zero-order chi connectivity index (χ0) is 25.8. The monoisotopic (exact) mass is 480 g/mol. The van der Waals surface area contributed by atoms with Gasteiger partial charge in [-0.05, 0) is 69.6 Å². The standard InChI is InChI=1S/C33H36O3/c1-32(2,3)26-10-12-27(13-11-26)33(4,5)28-14-20-29(21-15-28)35-23-25-8-18-31(19-9-25)36-30-16-6-24(22-34)7-17-30/h6-21,34H,22-23H2,1-5H3. The lowest BCUT2D eigenvalue weighted by Crippen LogP contribution is -2.19. The third-order valence-electron chi connectivity index (χ3n) is 6.72. The van der Waals surface area contributed by atoms with Gasteiger partial charge in [0.1, 0.15) is 23.9 Å². The molecule has 0 saturated heterocycles. The fraction of sp³-hybridized carbons (Fsp3) is 0.273. The van der Waals surface area contributed by atoms with Crippen LogP contribution in [-0.2, 0) is 24.0 Å². The summed E-state index contributed by atoms with van der Waals surface area (Å²) >= 11 is 0. The minimum absolute atomic E-state index is 0.0287. The van der Waals surface area contributed by atoms with Gasteiger partial charge in [0, 0.05) is 5.41 Å². The van der Waals surface area contributed by atoms with Crippen molar-refractivity contribution < 1.29 is 14.6 Å². The smallest absolute Gasteiger partial charge is 0.127 e. The summed E-state index contributed by atoms with van der Waals surface area (Å²) in [7, 11) is 0. The van der Waals surface area contributed by atoms with E-state index in [4.69, 9.17) is 14.6 Å². The summed E-state index contributed by atoms with van der Waals surface area (Å²) in [5, 5.41) is 9.16. The van der Waals surface area contributed by atoms with Crippen LogP contribution in [0.15, 0.2) is 97.1 Å². The van der Waals surface area contributed by atoms with Crippen LogP contribution in [0.1, 0.15) is 62.4 Å². The molecule has 0 aromatic heterocycles. The molecule has 0 fully saturated rings. The van der Waals surface area contributed by atoms with Crippen molar-refractivity contribution in [2.75, 3.05) is 0 Å². The Balaban J connectivity index is 1.35. The Kier molecular flexibility index (Phi) is 7.51. The second-order valence-electron chi connectivity index (χ2n) is 10.8. The molecule has 0 spiro atoms. The van der Waals surface area contributed by atoms with E-state index in [1.54, 1.807) is 0 Å². The number of aliphatic hydroxyl groups is 1. The van der Waals surface area contributed by atoms with Gasteiger partial charge >= 0.3 is 0 Å². The molecule has 4 aromatic carbocycles. The summed E-state index contributed by atoms with van der Waals surface area (Å²) in [6, 6.07) is 32.7. The van der Waals surface area contributed by atoms with Crippen LogP contribution >= 0.6 is 0 Å². The van der Waals surface area contributed by atoms with E-state index in [0.717, 1.165) is 28.4 Å². The van der Waals surface area contributed by atoms with Gasteiger partial charge in [-0.1, -0.05) is 95.3 Å². The highest BCUT2D eigenvalue weighted by Crippen LogP contribution is 2.34. The van der Waals surface area contributed by atoms with Crippen molar-refractivity contribution in [2.24, 2.45) is 0 Å². The predicted molar refractivity (Wildman–Crippen MR) is 147 cm³/mol. The average Bonchev–Trinajstić information content (AvgIpc) is 2.88. The van der Waals surface area contributed by atoms with Crippen molar-refractivity contribution in [3.05, 3.63) is 125 Å². The molecule has 0 aliphatic carbocycles. The minimum Gasteiger partial charge on any atom is -0.489 e. The molecular weight excluding hydrogens is 444 g/mol. The predicted octanol–water partition coefficient (Wildman–Crippen LogP) is 8.17. The maximum atomic E-state index is 9.16. The Morgan fingerprint density at radius 2 is 0.944 bits per heavy atom. The van der Waals surface area contributed by atoms with Gasteiger partial charge in [0.15, 0.2) is 0 Å². The summed E-state index contributed by atoms with van der Waals surface area (Å²) < 4.78 is 11.9. The van der Waals surface area contributed by atoms with E-state index in [2.05, 4.69) is 71.0 Å². The highest BCUT2D eigenvalue weighted by molar-refractivity contribution is 5.42. The van der Waals surface area contributed by atoms with Gasteiger partial charge in [-0.2, -0.15) is 0 Å². The third kappa shape index (κ3) is 6.16. The molecule has 0 aliphatic heterocycles. The van der Waals surface area contributed by atoms with Gasteiger partial charge in [0.05, 0.1) is 6.61 Å². The molecule has 1 N–H and O–H groups in total. The van der Waals surface area contributed by atoms with Crippen LogP contribution < -0.4 is 9.47 Å². The topological polar surface area (TPSA) is 38.7 Å². The van der Waals surface area contributed by atoms with E-state index in [9.17, 15) is 0 Å². The first-order valence-electron chi connectivity index (χ1n) is 12.5. The van der Waals surface area contributed by atoms with Crippen LogP contribution in [0, 0.1) is 0 Å². The maximum Gasteiger partial charge on any atom is 0.127 e. The molecule has 3 nitrogen and oxygen atoms in total. The number of aliphatic hydroxyl groups excluding tert-OH is 1. The second kappa shape index (κ2) is 10.6. The Morgan fingerprint density at radius 3 is 1.42 bits per heavy atom. The first-order valence-corrected chi connectivity index (χ1v) is 12.5. The Morgan fingerprint density at radius 1 is 0.528 bits per heavy atom. The van der Waals surface area contributed by atoms with Crippen LogP contribution in [0.5, 0.6) is 17.2 Å². The van der Waals surface area contributed by atoms with Crippen LogP contribution in [0.2, 0.25) is 0 Å². The van der Waals surface area contributed by atoms with Crippen molar-refractivity contribution in [3.8, 4) is 17.2 Å². The zero-order valence-electron chi connectivity index (χ0n) is 21.9. The van der Waals surface area contributed by atoms with E-state index in [-0.39, 0.29) is 17.4 Å². The summed E-state index contributed by atoms with van der Waals surface area (Å²) in [4.78, 5) is 0. The van der Waals surface area contributed by atoms with Gasteiger partial charge in [-0.25, -0.2) is 0 Å². The molecule has 0 unspecified atom stereocenters. The van der Waals surface area contributed by atoms with Gasteiger partial charge in [-0.15, -0.1) is 0 Å². The van der Waals surface area contributed by atoms with Crippen LogP contribution in [-0.4, -0.2) is 5.11 Å². The lowest BCUT2D eigenvalue weighted by atomic mass is 9.77. The molecule has 0 saturated carbocycles. The van der Waals surface area contributed by atoms with Crippen molar-refractivity contribution in [2.45, 2.75) is 58.7 Å². The Hall–Kier alpha value is -3.56. The number of rotatable bonds is 8. The van der Waals surface area contributed by atoms with Gasteiger partial charge in [0.2, 0.25) is 0 Å². The summed E-state index contributed by atoms with van der Waals surface area (Å²) in [6.45, 7) is 11.8. The molecule has 186 valence electrons. The molecule has 0 aliphatic rings. The van der Waals surface area contributed by atoms with E-state index < -0.39 is 0 Å². The minimum atomic E-state index is -0.0941. The van der Waals surface area contributed by atoms with Crippen molar-refractivity contribution >= 4 is 0 Å². The van der Waals surface area contributed by atoms with Crippen molar-refractivity contribution in [3.63, 3.8) is 0 Å². The number of ether oxygens (including phenoxy) is 2. The van der Waals surface area contributed by atoms with Crippen LogP contribution in [0.25, 0.3) is 0 Å². The molecule has 4 aromatic rings. The normalized spacial score (nSPS) is 11.8. The molecule has 0 heterocycles. The van der Waals surface area contributed by atoms with E-state index in [1.165, 1.54) is 16.7 Å². The van der Waals surface area contributed by atoms with Crippen molar-refractivity contribution in [1.29, 1.82) is 0 Å². The van der Waals surface area contributed by atoms with Crippen molar-refractivity contribution in [1.82, 2.24) is 0 Å². The highest BCUT2D eigenvalue weighted by Gasteiger charge is 2.24. The maximum absolute atomic E-state index is 9.16. The van der Waals surface area contributed by atoms with Gasteiger partial charge in [0.25, 0.3) is 0 Å². The van der Waals surface area contributed by atoms with E-state index in [1.807, 2.05) is 60.7 Å². The van der Waals surface area contributed by atoms with E-state index >= 15 is 0 Å². The number of benzene rings is 4. The fourth-order valence-electron chi connectivity index (χ4n) is 4.14. The van der Waals surface area contributed by atoms with Gasteiger partial charge in [-0.3, -0.25) is 0 Å². The zero-order valence-corrected chi connectivity index (χ0v) is 21.9. The molecule has 36 heavy (non-hydrogen) atoms. The first-order chi connectivity index (χ1) is 17.1. The second-order valence-corrected chi connectivity index (χ2v) is 10.8. The van der Waals surface area contributed by atoms with E-state index in [0.29, 0.717) is 6.61 Å². The Bertz CT molecular complexity index is 1250. The summed E-state index contributed by atoms with van der Waals surface area (Å²) in [5.41, 5.74) is 5.90. The molecule has 0 atom stereocenters. The SMILES string of the molecule is CC(C)(C)c1ccc(C(C)(C)c2ccc(OCc3ccc(Oc4ccc(CO)cc4)cc3)cc2)cc1. The summed E-state index contributed by atoms with van der Waals surface area (Å²) in [6.07, 6.45) is 0. The molecule has 3 heteroatoms. The molecule has 0 bridgehead atoms. The molecule has 0 radical (unpaired) electrons. The van der Waals surface area contributed by atoms with Crippen LogP contribution in [0.3, 0.4) is 0 Å². The third-order valence-corrected chi connectivity index (χ3v) is 6.72. The number of hydrogen-bond acceptors (Lipinski definition) is 3. The van der Waals surface area contributed by atoms with Gasteiger partial charge < -0.3 is 14.6 Å². The van der Waals surface area contributed by atoms with Crippen LogP contribution in [0.4, 0.5) is 0 Å². The summed E-state index contributed by atoms with van der Waals surface area (Å²) in [5.74, 6) is 2.35. The largest absolute Gasteiger partial charge is 0.489 e. The number of hydrogen-bond donors (Lipinski definition) is 1. The average molecular weight is 481 g/mol. The Labute approximate surface area is 215 Å². The molecule has 0 amide bonds.